The minimum Gasteiger partial charge on any atom is -0.476 e. The first-order chi connectivity index (χ1) is 7.58. The monoisotopic (exact) mass is 236 g/mol. The molecular formula is C11H9ClN2O2. The van der Waals surface area contributed by atoms with E-state index in [0.717, 1.165) is 5.56 Å². The molecule has 0 aliphatic carbocycles. The summed E-state index contributed by atoms with van der Waals surface area (Å²) in [4.78, 5) is 14.4. The van der Waals surface area contributed by atoms with Crippen LogP contribution >= 0.6 is 11.6 Å². The van der Waals surface area contributed by atoms with Crippen LogP contribution in [-0.4, -0.2) is 20.6 Å². The summed E-state index contributed by atoms with van der Waals surface area (Å²) < 4.78 is 1.59. The van der Waals surface area contributed by atoms with Gasteiger partial charge in [-0.05, 0) is 24.6 Å². The molecule has 0 atom stereocenters. The second-order valence-corrected chi connectivity index (χ2v) is 3.83. The zero-order valence-corrected chi connectivity index (χ0v) is 9.27. The van der Waals surface area contributed by atoms with Gasteiger partial charge in [-0.2, -0.15) is 0 Å². The number of carboxylic acid groups (broad SMARTS) is 1. The molecule has 0 aliphatic rings. The van der Waals surface area contributed by atoms with Crippen LogP contribution in [0.2, 0.25) is 5.02 Å². The molecule has 1 aromatic heterocycles. The van der Waals surface area contributed by atoms with Crippen molar-refractivity contribution in [1.82, 2.24) is 9.55 Å². The lowest BCUT2D eigenvalue weighted by Crippen LogP contribution is -1.96. The third-order valence-electron chi connectivity index (χ3n) is 2.18. The van der Waals surface area contributed by atoms with Crippen molar-refractivity contribution in [3.8, 4) is 5.69 Å². The normalized spacial score (nSPS) is 10.4. The highest BCUT2D eigenvalue weighted by atomic mass is 35.5. The first kappa shape index (κ1) is 10.7. The van der Waals surface area contributed by atoms with Gasteiger partial charge in [0.1, 0.15) is 6.33 Å². The molecule has 0 unspecified atom stereocenters. The average Bonchev–Trinajstić information content (AvgIpc) is 2.66. The van der Waals surface area contributed by atoms with Gasteiger partial charge in [0, 0.05) is 6.20 Å². The van der Waals surface area contributed by atoms with Gasteiger partial charge < -0.3 is 9.67 Å². The Bertz CT molecular complexity index is 549. The summed E-state index contributed by atoms with van der Waals surface area (Å²) in [7, 11) is 0. The fourth-order valence-electron chi connectivity index (χ4n) is 1.39. The molecule has 0 aliphatic heterocycles. The predicted molar refractivity (Wildman–Crippen MR) is 60.3 cm³/mol. The number of hydrogen-bond acceptors (Lipinski definition) is 2. The van der Waals surface area contributed by atoms with Crippen molar-refractivity contribution in [2.24, 2.45) is 0 Å². The summed E-state index contributed by atoms with van der Waals surface area (Å²) in [5, 5.41) is 9.31. The van der Waals surface area contributed by atoms with Crippen LogP contribution < -0.4 is 0 Å². The number of rotatable bonds is 2. The van der Waals surface area contributed by atoms with Crippen molar-refractivity contribution in [1.29, 1.82) is 0 Å². The summed E-state index contributed by atoms with van der Waals surface area (Å²) in [6.45, 7) is 1.94. The molecule has 5 heteroatoms. The van der Waals surface area contributed by atoms with E-state index in [-0.39, 0.29) is 5.69 Å². The Balaban J connectivity index is 2.46. The topological polar surface area (TPSA) is 55.1 Å². The van der Waals surface area contributed by atoms with Crippen molar-refractivity contribution in [2.75, 3.05) is 0 Å². The zero-order chi connectivity index (χ0) is 11.7. The molecule has 0 bridgehead atoms. The van der Waals surface area contributed by atoms with E-state index in [1.807, 2.05) is 25.1 Å². The van der Waals surface area contributed by atoms with Crippen molar-refractivity contribution in [2.45, 2.75) is 6.92 Å². The summed E-state index contributed by atoms with van der Waals surface area (Å²) in [6.07, 6.45) is 2.86. The van der Waals surface area contributed by atoms with Gasteiger partial charge in [0.2, 0.25) is 0 Å². The highest BCUT2D eigenvalue weighted by molar-refractivity contribution is 6.32. The standard InChI is InChI=1S/C11H9ClN2O2/c1-7-2-3-10(8(12)4-7)14-5-9(11(15)16)13-6-14/h2-6H,1H3,(H,15,16). The molecule has 0 saturated heterocycles. The van der Waals surface area contributed by atoms with E-state index in [2.05, 4.69) is 4.98 Å². The smallest absolute Gasteiger partial charge is 0.356 e. The fraction of sp³-hybridized carbons (Fsp3) is 0.0909. The van der Waals surface area contributed by atoms with E-state index in [9.17, 15) is 4.79 Å². The zero-order valence-electron chi connectivity index (χ0n) is 8.51. The number of halogens is 1. The number of aromatic nitrogens is 2. The highest BCUT2D eigenvalue weighted by Gasteiger charge is 2.09. The first-order valence-corrected chi connectivity index (χ1v) is 4.99. The minimum atomic E-state index is -1.05. The maximum absolute atomic E-state index is 10.7. The Morgan fingerprint density at radius 3 is 2.81 bits per heavy atom. The number of aryl methyl sites for hydroxylation is 1. The summed E-state index contributed by atoms with van der Waals surface area (Å²) >= 11 is 6.06. The lowest BCUT2D eigenvalue weighted by molar-refractivity contribution is 0.0691. The first-order valence-electron chi connectivity index (χ1n) is 4.62. The van der Waals surface area contributed by atoms with Gasteiger partial charge in [0.25, 0.3) is 0 Å². The lowest BCUT2D eigenvalue weighted by Gasteiger charge is -2.05. The molecule has 4 nitrogen and oxygen atoms in total. The number of imidazole rings is 1. The van der Waals surface area contributed by atoms with Gasteiger partial charge in [-0.15, -0.1) is 0 Å². The molecule has 0 fully saturated rings. The lowest BCUT2D eigenvalue weighted by atomic mass is 10.2. The van der Waals surface area contributed by atoms with E-state index < -0.39 is 5.97 Å². The Morgan fingerprint density at radius 1 is 1.50 bits per heavy atom. The molecule has 0 amide bonds. The quantitative estimate of drug-likeness (QED) is 0.872. The van der Waals surface area contributed by atoms with Gasteiger partial charge in [0.15, 0.2) is 5.69 Å². The van der Waals surface area contributed by atoms with Crippen LogP contribution in [0.15, 0.2) is 30.7 Å². The van der Waals surface area contributed by atoms with E-state index >= 15 is 0 Å². The molecule has 82 valence electrons. The third kappa shape index (κ3) is 1.92. The molecule has 0 saturated carbocycles. The van der Waals surface area contributed by atoms with Crippen LogP contribution in [0.1, 0.15) is 16.1 Å². The molecule has 2 aromatic rings. The van der Waals surface area contributed by atoms with Gasteiger partial charge in [-0.25, -0.2) is 9.78 Å². The number of hydrogen-bond donors (Lipinski definition) is 1. The molecule has 0 spiro atoms. The van der Waals surface area contributed by atoms with Crippen LogP contribution in [0.4, 0.5) is 0 Å². The van der Waals surface area contributed by atoms with Gasteiger partial charge >= 0.3 is 5.97 Å². The van der Waals surface area contributed by atoms with Crippen molar-refractivity contribution in [3.05, 3.63) is 47.0 Å². The van der Waals surface area contributed by atoms with E-state index in [1.165, 1.54) is 12.5 Å². The average molecular weight is 237 g/mol. The fourth-order valence-corrected chi connectivity index (χ4v) is 1.72. The van der Waals surface area contributed by atoms with Crippen LogP contribution in [0.3, 0.4) is 0 Å². The maximum atomic E-state index is 10.7. The van der Waals surface area contributed by atoms with Gasteiger partial charge in [0.05, 0.1) is 10.7 Å². The Labute approximate surface area is 97.1 Å². The molecule has 1 aromatic carbocycles. The predicted octanol–water partition coefficient (Wildman–Crippen LogP) is 2.53. The number of carboxylic acids is 1. The minimum absolute atomic E-state index is 0.00311. The van der Waals surface area contributed by atoms with E-state index in [0.29, 0.717) is 10.7 Å². The summed E-state index contributed by atoms with van der Waals surface area (Å²) in [6, 6.07) is 5.55. The maximum Gasteiger partial charge on any atom is 0.356 e. The molecule has 16 heavy (non-hydrogen) atoms. The van der Waals surface area contributed by atoms with Crippen LogP contribution in [-0.2, 0) is 0 Å². The Kier molecular flexibility index (Phi) is 2.66. The molecular weight excluding hydrogens is 228 g/mol. The number of aromatic carboxylic acids is 1. The summed E-state index contributed by atoms with van der Waals surface area (Å²) in [5.41, 5.74) is 1.76. The van der Waals surface area contributed by atoms with Crippen LogP contribution in [0, 0.1) is 6.92 Å². The van der Waals surface area contributed by atoms with Crippen LogP contribution in [0.25, 0.3) is 5.69 Å². The SMILES string of the molecule is Cc1ccc(-n2cnc(C(=O)O)c2)c(Cl)c1. The van der Waals surface area contributed by atoms with Gasteiger partial charge in [-0.1, -0.05) is 17.7 Å². The second-order valence-electron chi connectivity index (χ2n) is 3.43. The molecule has 1 N–H and O–H groups in total. The van der Waals surface area contributed by atoms with E-state index in [4.69, 9.17) is 16.7 Å². The van der Waals surface area contributed by atoms with Crippen molar-refractivity contribution >= 4 is 17.6 Å². The molecule has 2 rings (SSSR count). The number of benzene rings is 1. The number of carbonyl (C=O) groups is 1. The third-order valence-corrected chi connectivity index (χ3v) is 2.49. The van der Waals surface area contributed by atoms with Gasteiger partial charge in [-0.3, -0.25) is 0 Å². The molecule has 1 heterocycles. The highest BCUT2D eigenvalue weighted by Crippen LogP contribution is 2.21. The van der Waals surface area contributed by atoms with E-state index in [1.54, 1.807) is 4.57 Å². The second kappa shape index (κ2) is 3.98. The van der Waals surface area contributed by atoms with Crippen molar-refractivity contribution in [3.63, 3.8) is 0 Å². The van der Waals surface area contributed by atoms with Crippen LogP contribution in [0.5, 0.6) is 0 Å². The Hall–Kier alpha value is -1.81. The number of nitrogens with zero attached hydrogens (tertiary/aromatic N) is 2. The summed E-state index contributed by atoms with van der Waals surface area (Å²) in [5.74, 6) is -1.05. The molecule has 0 radical (unpaired) electrons. The Morgan fingerprint density at radius 2 is 2.25 bits per heavy atom. The largest absolute Gasteiger partial charge is 0.476 e. The van der Waals surface area contributed by atoms with Crippen molar-refractivity contribution < 1.29 is 9.90 Å².